The van der Waals surface area contributed by atoms with E-state index in [0.29, 0.717) is 6.10 Å². The van der Waals surface area contributed by atoms with Crippen molar-refractivity contribution in [3.63, 3.8) is 0 Å². The molecule has 1 atom stereocenters. The first-order valence-corrected chi connectivity index (χ1v) is 8.17. The van der Waals surface area contributed by atoms with Crippen LogP contribution in [0, 0.1) is 6.92 Å². The molecule has 1 fully saturated rings. The van der Waals surface area contributed by atoms with E-state index < -0.39 is 0 Å². The van der Waals surface area contributed by atoms with Crippen molar-refractivity contribution in [2.45, 2.75) is 53.1 Å². The van der Waals surface area contributed by atoms with E-state index in [0.717, 1.165) is 68.5 Å². The molecule has 0 radical (unpaired) electrons. The fraction of sp³-hybridized carbons (Fsp3) is 0.750. The van der Waals surface area contributed by atoms with Crippen molar-refractivity contribution in [3.05, 3.63) is 11.4 Å². The molecule has 5 nitrogen and oxygen atoms in total. The van der Waals surface area contributed by atoms with Crippen LogP contribution in [0.2, 0.25) is 0 Å². The molecule has 1 aliphatic heterocycles. The number of aryl methyl sites for hydroxylation is 1. The number of nitrogens with zero attached hydrogens (tertiary/aromatic N) is 3. The Morgan fingerprint density at radius 1 is 1.29 bits per heavy atom. The second-order valence-electron chi connectivity index (χ2n) is 5.49. The minimum atomic E-state index is 0.325. The van der Waals surface area contributed by atoms with Gasteiger partial charge in [-0.3, -0.25) is 0 Å². The first-order valence-electron chi connectivity index (χ1n) is 8.17. The Labute approximate surface area is 128 Å². The molecule has 1 saturated heterocycles. The van der Waals surface area contributed by atoms with E-state index in [9.17, 15) is 0 Å². The molecule has 2 heterocycles. The quantitative estimate of drug-likeness (QED) is 0.873. The van der Waals surface area contributed by atoms with Crippen LogP contribution in [-0.4, -0.2) is 42.3 Å². The summed E-state index contributed by atoms with van der Waals surface area (Å²) in [6, 6.07) is 0. The van der Waals surface area contributed by atoms with E-state index in [-0.39, 0.29) is 0 Å². The topological polar surface area (TPSA) is 50.3 Å². The summed E-state index contributed by atoms with van der Waals surface area (Å²) in [5.74, 6) is 2.95. The van der Waals surface area contributed by atoms with E-state index in [1.54, 1.807) is 0 Å². The van der Waals surface area contributed by atoms with Crippen LogP contribution < -0.4 is 10.2 Å². The highest BCUT2D eigenvalue weighted by Gasteiger charge is 2.23. The molecular formula is C16H28N4O. The van der Waals surface area contributed by atoms with Crippen molar-refractivity contribution < 1.29 is 4.74 Å². The molecule has 0 saturated carbocycles. The molecule has 5 heteroatoms. The lowest BCUT2D eigenvalue weighted by molar-refractivity contribution is 0.0525. The Kier molecular flexibility index (Phi) is 5.79. The van der Waals surface area contributed by atoms with Gasteiger partial charge in [-0.15, -0.1) is 0 Å². The molecule has 21 heavy (non-hydrogen) atoms. The molecule has 0 amide bonds. The van der Waals surface area contributed by atoms with Crippen LogP contribution in [-0.2, 0) is 11.2 Å². The third-order valence-electron chi connectivity index (χ3n) is 3.91. The maximum atomic E-state index is 5.81. The van der Waals surface area contributed by atoms with Crippen LogP contribution in [0.3, 0.4) is 0 Å². The Bertz CT molecular complexity index is 462. The standard InChI is InChI=1S/C16H28N4O/c1-5-14-18-15(17-6-2)12(4)16(19-14)20-10-8-9-13(11-20)21-7-3/h13H,5-11H2,1-4H3,(H,17,18,19). The summed E-state index contributed by atoms with van der Waals surface area (Å²) in [6.45, 7) is 12.0. The average Bonchev–Trinajstić information content (AvgIpc) is 2.50. The number of rotatable bonds is 6. The fourth-order valence-corrected chi connectivity index (χ4v) is 2.86. The Morgan fingerprint density at radius 2 is 2.10 bits per heavy atom. The highest BCUT2D eigenvalue weighted by molar-refractivity contribution is 5.59. The monoisotopic (exact) mass is 292 g/mol. The summed E-state index contributed by atoms with van der Waals surface area (Å²) in [5.41, 5.74) is 1.14. The van der Waals surface area contributed by atoms with Crippen molar-refractivity contribution in [1.29, 1.82) is 0 Å². The third-order valence-corrected chi connectivity index (χ3v) is 3.91. The SMILES string of the molecule is CCNc1nc(CC)nc(N2CCCC(OCC)C2)c1C. The van der Waals surface area contributed by atoms with E-state index >= 15 is 0 Å². The van der Waals surface area contributed by atoms with Gasteiger partial charge in [0.2, 0.25) is 0 Å². The zero-order valence-electron chi connectivity index (χ0n) is 13.8. The van der Waals surface area contributed by atoms with Crippen molar-refractivity contribution in [2.24, 2.45) is 0 Å². The maximum absolute atomic E-state index is 5.81. The van der Waals surface area contributed by atoms with E-state index in [1.165, 1.54) is 0 Å². The van der Waals surface area contributed by atoms with Gasteiger partial charge in [-0.05, 0) is 33.6 Å². The summed E-state index contributed by atoms with van der Waals surface area (Å²) >= 11 is 0. The summed E-state index contributed by atoms with van der Waals surface area (Å²) in [5, 5.41) is 3.36. The molecule has 1 unspecified atom stereocenters. The zero-order valence-corrected chi connectivity index (χ0v) is 13.8. The molecule has 0 aliphatic carbocycles. The highest BCUT2D eigenvalue weighted by atomic mass is 16.5. The minimum Gasteiger partial charge on any atom is -0.377 e. The molecular weight excluding hydrogens is 264 g/mol. The Hall–Kier alpha value is -1.36. The van der Waals surface area contributed by atoms with E-state index in [1.807, 2.05) is 0 Å². The predicted molar refractivity (Wildman–Crippen MR) is 87.2 cm³/mol. The molecule has 0 aromatic carbocycles. The van der Waals surface area contributed by atoms with Gasteiger partial charge in [-0.2, -0.15) is 0 Å². The number of piperidine rings is 1. The summed E-state index contributed by atoms with van der Waals surface area (Å²) in [6.07, 6.45) is 3.49. The highest BCUT2D eigenvalue weighted by Crippen LogP contribution is 2.27. The van der Waals surface area contributed by atoms with Crippen LogP contribution in [0.25, 0.3) is 0 Å². The van der Waals surface area contributed by atoms with Crippen LogP contribution in [0.4, 0.5) is 11.6 Å². The number of hydrogen-bond acceptors (Lipinski definition) is 5. The largest absolute Gasteiger partial charge is 0.377 e. The molecule has 0 bridgehead atoms. The first kappa shape index (κ1) is 16.0. The molecule has 0 spiro atoms. The van der Waals surface area contributed by atoms with Gasteiger partial charge < -0.3 is 15.0 Å². The van der Waals surface area contributed by atoms with Crippen molar-refractivity contribution in [3.8, 4) is 0 Å². The van der Waals surface area contributed by atoms with Gasteiger partial charge in [0.15, 0.2) is 0 Å². The van der Waals surface area contributed by atoms with Gasteiger partial charge in [0, 0.05) is 38.2 Å². The zero-order chi connectivity index (χ0) is 15.2. The number of hydrogen-bond donors (Lipinski definition) is 1. The van der Waals surface area contributed by atoms with Crippen molar-refractivity contribution in [1.82, 2.24) is 9.97 Å². The van der Waals surface area contributed by atoms with E-state index in [2.05, 4.69) is 42.9 Å². The average molecular weight is 292 g/mol. The lowest BCUT2D eigenvalue weighted by atomic mass is 10.1. The second kappa shape index (κ2) is 7.59. The van der Waals surface area contributed by atoms with Crippen molar-refractivity contribution >= 4 is 11.6 Å². The fourth-order valence-electron chi connectivity index (χ4n) is 2.86. The second-order valence-corrected chi connectivity index (χ2v) is 5.49. The summed E-state index contributed by atoms with van der Waals surface area (Å²) in [4.78, 5) is 11.7. The lowest BCUT2D eigenvalue weighted by Gasteiger charge is -2.34. The van der Waals surface area contributed by atoms with Crippen molar-refractivity contribution in [2.75, 3.05) is 36.5 Å². The van der Waals surface area contributed by atoms with Gasteiger partial charge in [0.25, 0.3) is 0 Å². The molecule has 1 aromatic rings. The molecule has 118 valence electrons. The van der Waals surface area contributed by atoms with Crippen LogP contribution >= 0.6 is 0 Å². The Balaban J connectivity index is 2.26. The molecule has 1 N–H and O–H groups in total. The summed E-state index contributed by atoms with van der Waals surface area (Å²) < 4.78 is 5.81. The molecule has 1 aromatic heterocycles. The van der Waals surface area contributed by atoms with Gasteiger partial charge in [0.05, 0.1) is 6.10 Å². The number of aromatic nitrogens is 2. The summed E-state index contributed by atoms with van der Waals surface area (Å²) in [7, 11) is 0. The maximum Gasteiger partial charge on any atom is 0.137 e. The van der Waals surface area contributed by atoms with Crippen LogP contribution in [0.5, 0.6) is 0 Å². The van der Waals surface area contributed by atoms with Crippen LogP contribution in [0.1, 0.15) is 45.0 Å². The van der Waals surface area contributed by atoms with Gasteiger partial charge >= 0.3 is 0 Å². The predicted octanol–water partition coefficient (Wildman–Crippen LogP) is 2.78. The Morgan fingerprint density at radius 3 is 2.76 bits per heavy atom. The third kappa shape index (κ3) is 3.84. The van der Waals surface area contributed by atoms with Gasteiger partial charge in [-0.1, -0.05) is 6.92 Å². The smallest absolute Gasteiger partial charge is 0.137 e. The number of anilines is 2. The lowest BCUT2D eigenvalue weighted by Crippen LogP contribution is -2.40. The molecule has 2 rings (SSSR count). The molecule has 1 aliphatic rings. The van der Waals surface area contributed by atoms with Crippen LogP contribution in [0.15, 0.2) is 0 Å². The minimum absolute atomic E-state index is 0.325. The van der Waals surface area contributed by atoms with Gasteiger partial charge in [-0.25, -0.2) is 9.97 Å². The number of nitrogens with one attached hydrogen (secondary N) is 1. The number of ether oxygens (including phenoxy) is 1. The van der Waals surface area contributed by atoms with E-state index in [4.69, 9.17) is 9.72 Å². The first-order chi connectivity index (χ1) is 10.2. The normalized spacial score (nSPS) is 18.9. The van der Waals surface area contributed by atoms with Gasteiger partial charge in [0.1, 0.15) is 17.5 Å².